The number of aryl methyl sites for hydroxylation is 2. The Balaban J connectivity index is 0.943. The van der Waals surface area contributed by atoms with Gasteiger partial charge in [0.25, 0.3) is 0 Å². The number of ether oxygens (including phenoxy) is 4. The van der Waals surface area contributed by atoms with Gasteiger partial charge in [-0.25, -0.2) is 19.6 Å². The third-order valence-corrected chi connectivity index (χ3v) is 14.9. The molecule has 4 N–H and O–H groups in total. The number of fused-ring (bicyclic) bond motifs is 6. The molecule has 4 aromatic rings. The number of carbonyl (C=O) groups excluding carboxylic acids is 4. The van der Waals surface area contributed by atoms with Gasteiger partial charge in [-0.3, -0.25) is 9.59 Å². The molecule has 4 amide bonds. The summed E-state index contributed by atoms with van der Waals surface area (Å²) < 4.78 is 22.4. The maximum Gasteiger partial charge on any atom is 0.407 e. The van der Waals surface area contributed by atoms with Gasteiger partial charge in [0.2, 0.25) is 11.8 Å². The molecule has 0 radical (unpaired) electrons. The zero-order chi connectivity index (χ0) is 46.6. The number of hydrogen-bond donors (Lipinski definition) is 4. The summed E-state index contributed by atoms with van der Waals surface area (Å²) in [6, 6.07) is 8.79. The van der Waals surface area contributed by atoms with Crippen LogP contribution in [0.2, 0.25) is 0 Å². The second-order valence-electron chi connectivity index (χ2n) is 19.3. The van der Waals surface area contributed by atoms with Crippen molar-refractivity contribution in [1.82, 2.24) is 40.4 Å². The van der Waals surface area contributed by atoms with Gasteiger partial charge < -0.3 is 49.3 Å². The molecule has 352 valence electrons. The van der Waals surface area contributed by atoms with Crippen LogP contribution in [0.15, 0.2) is 36.5 Å². The van der Waals surface area contributed by atoms with Gasteiger partial charge in [0.05, 0.1) is 61.8 Å². The first-order valence-electron chi connectivity index (χ1n) is 23.8. The second-order valence-corrected chi connectivity index (χ2v) is 19.3. The van der Waals surface area contributed by atoms with Crippen LogP contribution in [-0.4, -0.2) is 104 Å². The summed E-state index contributed by atoms with van der Waals surface area (Å²) in [5.74, 6) is 1.88. The lowest BCUT2D eigenvalue weighted by atomic mass is 9.85. The number of aromatic amines is 2. The number of aromatic nitrogens is 4. The summed E-state index contributed by atoms with van der Waals surface area (Å²) in [6.07, 6.45) is 7.34. The number of hydrogen-bond acceptors (Lipinski definition) is 10. The number of rotatable bonds is 10. The van der Waals surface area contributed by atoms with E-state index < -0.39 is 24.3 Å². The molecular formula is C50H64N8O8. The van der Waals surface area contributed by atoms with Crippen LogP contribution in [0, 0.1) is 11.8 Å². The monoisotopic (exact) mass is 904 g/mol. The van der Waals surface area contributed by atoms with Crippen LogP contribution in [0.4, 0.5) is 9.59 Å². The van der Waals surface area contributed by atoms with Crippen LogP contribution in [0.5, 0.6) is 5.75 Å². The van der Waals surface area contributed by atoms with Gasteiger partial charge in [-0.15, -0.1) is 0 Å². The molecule has 4 aliphatic heterocycles. The van der Waals surface area contributed by atoms with Gasteiger partial charge in [-0.05, 0) is 131 Å². The van der Waals surface area contributed by atoms with E-state index in [1.807, 2.05) is 50.6 Å². The number of benzene rings is 2. The first kappa shape index (κ1) is 45.3. The minimum Gasteiger partial charge on any atom is -0.488 e. The van der Waals surface area contributed by atoms with Crippen molar-refractivity contribution in [2.24, 2.45) is 11.8 Å². The van der Waals surface area contributed by atoms with Crippen LogP contribution in [0.3, 0.4) is 0 Å². The van der Waals surface area contributed by atoms with Crippen LogP contribution >= 0.6 is 0 Å². The molecule has 16 nitrogen and oxygen atoms in total. The highest BCUT2D eigenvalue weighted by atomic mass is 16.5. The number of H-pyrrole nitrogens is 2. The normalized spacial score (nSPS) is 25.6. The lowest BCUT2D eigenvalue weighted by Gasteiger charge is -2.39. The fraction of sp³-hybridized carbons (Fsp3) is 0.560. The molecule has 6 heterocycles. The molecule has 0 bridgehead atoms. The highest BCUT2D eigenvalue weighted by Gasteiger charge is 2.45. The molecule has 2 aromatic heterocycles. The van der Waals surface area contributed by atoms with Gasteiger partial charge in [-0.1, -0.05) is 32.4 Å². The molecule has 0 saturated carbocycles. The first-order chi connectivity index (χ1) is 31.8. The third-order valence-electron chi connectivity index (χ3n) is 14.9. The molecule has 16 heteroatoms. The minimum absolute atomic E-state index is 0.0142. The van der Waals surface area contributed by atoms with E-state index in [0.29, 0.717) is 19.4 Å². The Kier molecular flexibility index (Phi) is 12.6. The molecule has 2 aromatic carbocycles. The number of imidazole rings is 2. The van der Waals surface area contributed by atoms with Crippen molar-refractivity contribution in [2.75, 3.05) is 14.2 Å². The highest BCUT2D eigenvalue weighted by molar-refractivity contribution is 5.88. The molecule has 5 aliphatic rings. The van der Waals surface area contributed by atoms with Crippen LogP contribution in [-0.2, 0) is 43.2 Å². The summed E-state index contributed by atoms with van der Waals surface area (Å²) in [5, 5.41) is 5.69. The number of nitrogens with one attached hydrogen (secondary N) is 4. The number of amides is 4. The summed E-state index contributed by atoms with van der Waals surface area (Å²) in [7, 11) is 2.63. The van der Waals surface area contributed by atoms with E-state index in [1.165, 1.54) is 19.8 Å². The van der Waals surface area contributed by atoms with E-state index in [1.54, 1.807) is 0 Å². The lowest BCUT2D eigenvalue weighted by Crippen LogP contribution is -2.55. The summed E-state index contributed by atoms with van der Waals surface area (Å²) in [6.45, 7) is 12.5. The summed E-state index contributed by atoms with van der Waals surface area (Å²) in [4.78, 5) is 74.6. The molecular weight excluding hydrogens is 841 g/mol. The van der Waals surface area contributed by atoms with Gasteiger partial charge >= 0.3 is 12.2 Å². The molecule has 0 spiro atoms. The molecule has 1 unspecified atom stereocenters. The predicted octanol–water partition coefficient (Wildman–Crippen LogP) is 7.93. The average Bonchev–Trinajstić information content (AvgIpc) is 4.14. The smallest absolute Gasteiger partial charge is 0.407 e. The molecule has 9 rings (SSSR count). The number of likely N-dealkylation sites (tertiary alicyclic amines) is 2. The Hall–Kier alpha value is -5.90. The first-order valence-corrected chi connectivity index (χ1v) is 23.8. The number of carbonyl (C=O) groups is 4. The summed E-state index contributed by atoms with van der Waals surface area (Å²) >= 11 is 0. The van der Waals surface area contributed by atoms with Gasteiger partial charge in [0.15, 0.2) is 0 Å². The van der Waals surface area contributed by atoms with Crippen molar-refractivity contribution in [3.63, 3.8) is 0 Å². The minimum atomic E-state index is -0.741. The Labute approximate surface area is 386 Å². The highest BCUT2D eigenvalue weighted by Crippen LogP contribution is 2.46. The Bertz CT molecular complexity index is 2490. The molecule has 1 aliphatic carbocycles. The lowest BCUT2D eigenvalue weighted by molar-refractivity contribution is -0.140. The number of nitrogens with zero attached hydrogens (tertiary/aromatic N) is 4. The van der Waals surface area contributed by atoms with Gasteiger partial charge in [-0.2, -0.15) is 0 Å². The van der Waals surface area contributed by atoms with Crippen LogP contribution < -0.4 is 15.4 Å². The van der Waals surface area contributed by atoms with Crippen molar-refractivity contribution >= 4 is 24.0 Å². The van der Waals surface area contributed by atoms with E-state index in [-0.39, 0.29) is 60.0 Å². The van der Waals surface area contributed by atoms with Crippen molar-refractivity contribution < 1.29 is 38.1 Å². The zero-order valence-corrected chi connectivity index (χ0v) is 39.4. The van der Waals surface area contributed by atoms with Gasteiger partial charge in [0, 0.05) is 23.2 Å². The van der Waals surface area contributed by atoms with E-state index in [0.717, 1.165) is 107 Å². The topological polar surface area (TPSA) is 193 Å². The van der Waals surface area contributed by atoms with Crippen LogP contribution in [0.1, 0.15) is 127 Å². The predicted molar refractivity (Wildman–Crippen MR) is 246 cm³/mol. The maximum absolute atomic E-state index is 14.6. The van der Waals surface area contributed by atoms with Crippen LogP contribution in [0.25, 0.3) is 33.6 Å². The summed E-state index contributed by atoms with van der Waals surface area (Å²) in [5.41, 5.74) is 9.26. The standard InChI is InChI=1S/C50H64N8O8/c1-9-25(2)42(55-49(61)63-7)47(59)57-26(3)10-16-39(57)45-51-23-38(53-45)31-12-14-34-33(20-31)24-65-41-22-35-30(21-36(34)41)13-15-37-44(35)54-46(52-37)40-17-11-27(4)58(40)48(60)43(56-50(62)64-8)32-18-28(5)66-29(6)19-32/h12,14,20-23,25-29,32,39-40,42-43H,9-11,13,15-19,24H2,1-8H3,(H,51,53)(H,52,54)(H,55,61)(H,56,62)/t25-,26-,27-,28+,29+,39-,40-,42?,43-/m0/s1. The average molecular weight is 905 g/mol. The van der Waals surface area contributed by atoms with E-state index >= 15 is 0 Å². The molecule has 3 fully saturated rings. The zero-order valence-electron chi connectivity index (χ0n) is 39.4. The SMILES string of the molecule is CC[C@H](C)C(NC(=O)OC)C(=O)N1[C@@H](C)CC[C@H]1c1ncc(-c2ccc3c(c2)COc2cc4c(cc2-3)CCc2nc([C@@H]3CC[C@H](C)N3C(=O)[C@@H](NC(=O)OC)C3C[C@@H](C)O[C@H](C)C3)[nH]c2-4)[nH]1. The quantitative estimate of drug-likeness (QED) is 0.122. The number of methoxy groups -OCH3 is 2. The van der Waals surface area contributed by atoms with E-state index in [9.17, 15) is 19.2 Å². The van der Waals surface area contributed by atoms with E-state index in [2.05, 4.69) is 57.9 Å². The van der Waals surface area contributed by atoms with Crippen molar-refractivity contribution in [3.05, 3.63) is 65.0 Å². The Morgan fingerprint density at radius 3 is 2.18 bits per heavy atom. The Morgan fingerprint density at radius 1 is 0.803 bits per heavy atom. The maximum atomic E-state index is 14.6. The molecule has 66 heavy (non-hydrogen) atoms. The second kappa shape index (κ2) is 18.4. The van der Waals surface area contributed by atoms with Gasteiger partial charge in [0.1, 0.15) is 36.1 Å². The molecule has 9 atom stereocenters. The van der Waals surface area contributed by atoms with E-state index in [4.69, 9.17) is 28.9 Å². The fourth-order valence-electron chi connectivity index (χ4n) is 11.3. The largest absolute Gasteiger partial charge is 0.488 e. The third kappa shape index (κ3) is 8.41. The number of alkyl carbamates (subject to hydrolysis) is 2. The van der Waals surface area contributed by atoms with Crippen molar-refractivity contribution in [2.45, 2.75) is 154 Å². The Morgan fingerprint density at radius 2 is 1.48 bits per heavy atom. The fourth-order valence-corrected chi connectivity index (χ4v) is 11.3. The van der Waals surface area contributed by atoms with Crippen molar-refractivity contribution in [1.29, 1.82) is 0 Å². The molecule has 3 saturated heterocycles. The van der Waals surface area contributed by atoms with Crippen molar-refractivity contribution in [3.8, 4) is 39.4 Å².